The molecule has 2 heterocycles. The molecule has 2 aliphatic rings. The molecule has 0 aliphatic carbocycles. The summed E-state index contributed by atoms with van der Waals surface area (Å²) in [5, 5.41) is 2.61. The first kappa shape index (κ1) is 19.0. The van der Waals surface area contributed by atoms with Crippen molar-refractivity contribution in [1.29, 1.82) is 0 Å². The number of nitrogens with one attached hydrogen (secondary N) is 1. The molecule has 1 aromatic carbocycles. The van der Waals surface area contributed by atoms with Crippen LogP contribution in [0.5, 0.6) is 5.75 Å². The number of benzene rings is 1. The quantitative estimate of drug-likeness (QED) is 0.853. The van der Waals surface area contributed by atoms with Gasteiger partial charge < -0.3 is 15.0 Å². The van der Waals surface area contributed by atoms with Crippen molar-refractivity contribution in [3.63, 3.8) is 0 Å². The average Bonchev–Trinajstić information content (AvgIpc) is 2.78. The second kappa shape index (κ2) is 7.84. The van der Waals surface area contributed by atoms with Gasteiger partial charge in [-0.1, -0.05) is 12.1 Å². The van der Waals surface area contributed by atoms with E-state index in [4.69, 9.17) is 4.74 Å². The Hall–Kier alpha value is -1.80. The van der Waals surface area contributed by atoms with Gasteiger partial charge in [-0.2, -0.15) is 0 Å². The lowest BCUT2D eigenvalue weighted by molar-refractivity contribution is 0.199. The number of sulfonamides is 1. The highest BCUT2D eigenvalue weighted by Gasteiger charge is 2.45. The van der Waals surface area contributed by atoms with E-state index in [1.807, 2.05) is 24.3 Å². The Morgan fingerprint density at radius 3 is 2.62 bits per heavy atom. The minimum atomic E-state index is -3.19. The van der Waals surface area contributed by atoms with Gasteiger partial charge in [-0.05, 0) is 42.9 Å². The zero-order chi connectivity index (χ0) is 18.7. The number of methoxy groups -OCH3 is 1. The van der Waals surface area contributed by atoms with Crippen molar-refractivity contribution in [2.75, 3.05) is 40.3 Å². The molecule has 0 aromatic heterocycles. The molecule has 2 aliphatic heterocycles. The number of hydrogen-bond acceptors (Lipinski definition) is 4. The molecule has 0 bridgehead atoms. The van der Waals surface area contributed by atoms with Crippen molar-refractivity contribution in [3.8, 4) is 5.75 Å². The van der Waals surface area contributed by atoms with Gasteiger partial charge >= 0.3 is 6.03 Å². The molecular weight excluding hydrogens is 354 g/mol. The molecule has 8 heteroatoms. The molecule has 2 atom stereocenters. The van der Waals surface area contributed by atoms with Gasteiger partial charge in [-0.25, -0.2) is 17.5 Å². The van der Waals surface area contributed by atoms with Crippen molar-refractivity contribution in [1.82, 2.24) is 14.5 Å². The van der Waals surface area contributed by atoms with Gasteiger partial charge in [0.1, 0.15) is 5.75 Å². The highest BCUT2D eigenvalue weighted by atomic mass is 32.2. The summed E-state index contributed by atoms with van der Waals surface area (Å²) in [5.74, 6) is 0.940. The summed E-state index contributed by atoms with van der Waals surface area (Å²) in [6, 6.07) is 7.67. The molecule has 7 nitrogen and oxygen atoms in total. The zero-order valence-electron chi connectivity index (χ0n) is 15.3. The number of urea groups is 1. The number of carbonyl (C=O) groups excluding carboxylic acids is 1. The lowest BCUT2D eigenvalue weighted by Crippen LogP contribution is -2.41. The maximum atomic E-state index is 12.4. The number of likely N-dealkylation sites (tertiary alicyclic amines) is 1. The summed E-state index contributed by atoms with van der Waals surface area (Å²) >= 11 is 0. The van der Waals surface area contributed by atoms with E-state index < -0.39 is 10.0 Å². The summed E-state index contributed by atoms with van der Waals surface area (Å²) < 4.78 is 31.3. The molecule has 1 N–H and O–H groups in total. The van der Waals surface area contributed by atoms with Crippen molar-refractivity contribution in [2.24, 2.45) is 5.92 Å². The molecule has 144 valence electrons. The second-order valence-electron chi connectivity index (χ2n) is 7.02. The van der Waals surface area contributed by atoms with Crippen LogP contribution in [0, 0.1) is 5.92 Å². The normalized spacial score (nSPS) is 25.4. The number of fused-ring (bicyclic) bond motifs is 1. The van der Waals surface area contributed by atoms with E-state index in [1.165, 1.54) is 4.31 Å². The Bertz CT molecular complexity index is 735. The molecule has 0 radical (unpaired) electrons. The third-order valence-electron chi connectivity index (χ3n) is 5.42. The molecule has 0 saturated carbocycles. The molecule has 2 amide bonds. The Labute approximate surface area is 155 Å². The smallest absolute Gasteiger partial charge is 0.317 e. The summed E-state index contributed by atoms with van der Waals surface area (Å²) in [4.78, 5) is 14.2. The minimum absolute atomic E-state index is 0.107. The van der Waals surface area contributed by atoms with Crippen LogP contribution in [0.4, 0.5) is 4.79 Å². The maximum Gasteiger partial charge on any atom is 0.317 e. The highest BCUT2D eigenvalue weighted by molar-refractivity contribution is 7.90. The van der Waals surface area contributed by atoms with Crippen molar-refractivity contribution >= 4 is 16.1 Å². The number of carbonyl (C=O) groups is 1. The van der Waals surface area contributed by atoms with Crippen molar-refractivity contribution in [2.45, 2.75) is 24.5 Å². The molecule has 26 heavy (non-hydrogen) atoms. The number of hydrogen-bond donors (Lipinski definition) is 1. The van der Waals surface area contributed by atoms with Crippen LogP contribution < -0.4 is 10.1 Å². The van der Waals surface area contributed by atoms with Crippen molar-refractivity contribution < 1.29 is 17.9 Å². The number of ether oxygens (including phenoxy) is 1. The molecule has 2 saturated heterocycles. The first-order valence-electron chi connectivity index (χ1n) is 9.02. The van der Waals surface area contributed by atoms with Gasteiger partial charge in [0, 0.05) is 33.2 Å². The maximum absolute atomic E-state index is 12.4. The van der Waals surface area contributed by atoms with Crippen LogP contribution in [0.3, 0.4) is 0 Å². The van der Waals surface area contributed by atoms with Crippen LogP contribution >= 0.6 is 0 Å². The number of nitrogens with zero attached hydrogens (tertiary/aromatic N) is 2. The molecule has 2 fully saturated rings. The van der Waals surface area contributed by atoms with Gasteiger partial charge in [-0.15, -0.1) is 0 Å². The molecule has 1 aromatic rings. The summed E-state index contributed by atoms with van der Waals surface area (Å²) in [6.45, 7) is 2.22. The highest BCUT2D eigenvalue weighted by Crippen LogP contribution is 2.33. The summed E-state index contributed by atoms with van der Waals surface area (Å²) in [5.41, 5.74) is 1.13. The topological polar surface area (TPSA) is 79.0 Å². The fraction of sp³-hybridized carbons (Fsp3) is 0.611. The number of amides is 2. The third kappa shape index (κ3) is 3.96. The summed E-state index contributed by atoms with van der Waals surface area (Å²) in [7, 11) is 0.0868. The fourth-order valence-electron chi connectivity index (χ4n) is 3.83. The lowest BCUT2D eigenvalue weighted by atomic mass is 10.0. The van der Waals surface area contributed by atoms with Crippen LogP contribution in [0.1, 0.15) is 18.4 Å². The van der Waals surface area contributed by atoms with E-state index in [-0.39, 0.29) is 17.2 Å². The van der Waals surface area contributed by atoms with Crippen LogP contribution in [-0.2, 0) is 16.4 Å². The third-order valence-corrected chi connectivity index (χ3v) is 7.83. The van der Waals surface area contributed by atoms with Crippen LogP contribution in [0.15, 0.2) is 24.3 Å². The monoisotopic (exact) mass is 381 g/mol. The van der Waals surface area contributed by atoms with Gasteiger partial charge in [0.05, 0.1) is 12.4 Å². The van der Waals surface area contributed by atoms with E-state index in [9.17, 15) is 13.2 Å². The molecule has 0 unspecified atom stereocenters. The van der Waals surface area contributed by atoms with Crippen LogP contribution in [0.25, 0.3) is 0 Å². The second-order valence-corrected chi connectivity index (χ2v) is 9.28. The first-order chi connectivity index (χ1) is 12.4. The van der Waals surface area contributed by atoms with E-state index >= 15 is 0 Å². The van der Waals surface area contributed by atoms with Gasteiger partial charge in [0.25, 0.3) is 0 Å². The first-order valence-corrected chi connectivity index (χ1v) is 10.5. The number of rotatable bonds is 4. The van der Waals surface area contributed by atoms with E-state index in [2.05, 4.69) is 5.32 Å². The predicted octanol–water partition coefficient (Wildman–Crippen LogP) is 1.30. The van der Waals surface area contributed by atoms with Crippen LogP contribution in [0.2, 0.25) is 0 Å². The largest absolute Gasteiger partial charge is 0.497 e. The van der Waals surface area contributed by atoms with Gasteiger partial charge in [0.15, 0.2) is 0 Å². The molecule has 0 spiro atoms. The van der Waals surface area contributed by atoms with Crippen molar-refractivity contribution in [3.05, 3.63) is 29.8 Å². The van der Waals surface area contributed by atoms with Crippen LogP contribution in [-0.4, -0.2) is 69.2 Å². The zero-order valence-corrected chi connectivity index (χ0v) is 16.2. The minimum Gasteiger partial charge on any atom is -0.497 e. The lowest BCUT2D eigenvalue weighted by Gasteiger charge is -2.22. The van der Waals surface area contributed by atoms with E-state index in [1.54, 1.807) is 19.1 Å². The Morgan fingerprint density at radius 1 is 1.23 bits per heavy atom. The fourth-order valence-corrected chi connectivity index (χ4v) is 5.80. The van der Waals surface area contributed by atoms with E-state index in [0.717, 1.165) is 24.2 Å². The molecule has 3 rings (SSSR count). The average molecular weight is 381 g/mol. The van der Waals surface area contributed by atoms with Gasteiger partial charge in [-0.3, -0.25) is 0 Å². The Morgan fingerprint density at radius 2 is 1.92 bits per heavy atom. The Kier molecular flexibility index (Phi) is 5.72. The Balaban J connectivity index is 1.48. The standard InChI is InChI=1S/C18H27N3O4S/c1-20-13-15-8-11-21(12-9-17(15)26(20,23)24)18(22)19-10-7-14-3-5-16(25-2)6-4-14/h3-6,15,17H,7-13H2,1-2H3,(H,19,22)/t15-,17-/m0/s1. The van der Waals surface area contributed by atoms with E-state index in [0.29, 0.717) is 32.6 Å². The molecular formula is C18H27N3O4S. The van der Waals surface area contributed by atoms with Gasteiger partial charge in [0.2, 0.25) is 10.0 Å². The summed E-state index contributed by atoms with van der Waals surface area (Å²) in [6.07, 6.45) is 2.00. The SMILES string of the molecule is COc1ccc(CCNC(=O)N2CC[C@H]3CN(C)S(=O)(=O)[C@H]3CC2)cc1. The predicted molar refractivity (Wildman–Crippen MR) is 99.7 cm³/mol.